The molecule has 0 radical (unpaired) electrons. The highest BCUT2D eigenvalue weighted by molar-refractivity contribution is 5.94. The number of rotatable bonds is 4. The van der Waals surface area contributed by atoms with Gasteiger partial charge in [-0.1, -0.05) is 19.9 Å². The van der Waals surface area contributed by atoms with Gasteiger partial charge in [0.15, 0.2) is 0 Å². The third kappa shape index (κ3) is 3.32. The number of nitrogens with one attached hydrogen (secondary N) is 1. The maximum absolute atomic E-state index is 11.9. The zero-order valence-corrected chi connectivity index (χ0v) is 11.2. The molecule has 98 valence electrons. The summed E-state index contributed by atoms with van der Waals surface area (Å²) in [6, 6.07) is 5.63. The molecular formula is C14H19NO3. The minimum atomic E-state index is -0.960. The fourth-order valence-electron chi connectivity index (χ4n) is 1.52. The Morgan fingerprint density at radius 2 is 1.72 bits per heavy atom. The summed E-state index contributed by atoms with van der Waals surface area (Å²) in [6.07, 6.45) is 0. The van der Waals surface area contributed by atoms with E-state index >= 15 is 0 Å². The summed E-state index contributed by atoms with van der Waals surface area (Å²) in [5, 5.41) is 11.6. The molecule has 18 heavy (non-hydrogen) atoms. The van der Waals surface area contributed by atoms with E-state index in [0.29, 0.717) is 5.69 Å². The van der Waals surface area contributed by atoms with Crippen molar-refractivity contribution in [3.05, 3.63) is 29.3 Å². The predicted molar refractivity (Wildman–Crippen MR) is 70.5 cm³/mol. The molecular weight excluding hydrogens is 230 g/mol. The van der Waals surface area contributed by atoms with Gasteiger partial charge in [0.1, 0.15) is 0 Å². The molecule has 0 aliphatic carbocycles. The molecule has 0 aliphatic heterocycles. The summed E-state index contributed by atoms with van der Waals surface area (Å²) in [5.74, 6) is -2.49. The molecule has 0 bridgehead atoms. The Hall–Kier alpha value is -1.84. The number of hydrogen-bond donors (Lipinski definition) is 2. The Kier molecular flexibility index (Phi) is 4.48. The van der Waals surface area contributed by atoms with Gasteiger partial charge in [0.2, 0.25) is 5.91 Å². The van der Waals surface area contributed by atoms with Gasteiger partial charge in [0.25, 0.3) is 0 Å². The van der Waals surface area contributed by atoms with Gasteiger partial charge in [-0.2, -0.15) is 0 Å². The summed E-state index contributed by atoms with van der Waals surface area (Å²) in [5.41, 5.74) is 2.94. The van der Waals surface area contributed by atoms with Crippen molar-refractivity contribution in [2.24, 2.45) is 11.8 Å². The predicted octanol–water partition coefficient (Wildman–Crippen LogP) is 2.60. The topological polar surface area (TPSA) is 66.4 Å². The Morgan fingerprint density at radius 1 is 1.11 bits per heavy atom. The van der Waals surface area contributed by atoms with E-state index in [4.69, 9.17) is 5.11 Å². The van der Waals surface area contributed by atoms with Crippen LogP contribution in [0.5, 0.6) is 0 Å². The van der Waals surface area contributed by atoms with E-state index < -0.39 is 17.8 Å². The fraction of sp³-hybridized carbons (Fsp3) is 0.429. The Balaban J connectivity index is 2.75. The van der Waals surface area contributed by atoms with E-state index in [9.17, 15) is 9.59 Å². The van der Waals surface area contributed by atoms with E-state index in [1.807, 2.05) is 32.0 Å². The van der Waals surface area contributed by atoms with Gasteiger partial charge in [-0.05, 0) is 37.1 Å². The molecule has 1 rings (SSSR count). The first-order valence-electron chi connectivity index (χ1n) is 5.94. The molecule has 0 aromatic heterocycles. The lowest BCUT2D eigenvalue weighted by Gasteiger charge is -2.16. The van der Waals surface area contributed by atoms with Gasteiger partial charge in [-0.15, -0.1) is 0 Å². The molecule has 0 saturated heterocycles. The van der Waals surface area contributed by atoms with E-state index in [-0.39, 0.29) is 5.91 Å². The van der Waals surface area contributed by atoms with Crippen LogP contribution in [0, 0.1) is 25.7 Å². The average Bonchev–Trinajstić information content (AvgIpc) is 2.31. The van der Waals surface area contributed by atoms with Crippen molar-refractivity contribution in [3.63, 3.8) is 0 Å². The molecule has 1 aromatic carbocycles. The van der Waals surface area contributed by atoms with Crippen molar-refractivity contribution in [1.29, 1.82) is 0 Å². The van der Waals surface area contributed by atoms with Crippen LogP contribution in [0.1, 0.15) is 25.0 Å². The Labute approximate surface area is 107 Å². The van der Waals surface area contributed by atoms with Crippen LogP contribution in [0.4, 0.5) is 5.69 Å². The molecule has 1 amide bonds. The van der Waals surface area contributed by atoms with Gasteiger partial charge < -0.3 is 10.4 Å². The van der Waals surface area contributed by atoms with Gasteiger partial charge in [-0.3, -0.25) is 9.59 Å². The highest BCUT2D eigenvalue weighted by atomic mass is 16.4. The molecule has 0 saturated carbocycles. The number of carbonyl (C=O) groups is 2. The van der Waals surface area contributed by atoms with Crippen LogP contribution in [0.3, 0.4) is 0 Å². The van der Waals surface area contributed by atoms with Crippen LogP contribution in [-0.2, 0) is 9.59 Å². The zero-order chi connectivity index (χ0) is 13.9. The summed E-state index contributed by atoms with van der Waals surface area (Å²) < 4.78 is 0. The van der Waals surface area contributed by atoms with Crippen molar-refractivity contribution >= 4 is 17.6 Å². The minimum Gasteiger partial charge on any atom is -0.481 e. The highest BCUT2D eigenvalue weighted by Crippen LogP contribution is 2.17. The number of anilines is 1. The number of carboxylic acid groups (broad SMARTS) is 1. The molecule has 0 spiro atoms. The largest absolute Gasteiger partial charge is 0.481 e. The summed E-state index contributed by atoms with van der Waals surface area (Å²) in [7, 11) is 0. The standard InChI is InChI=1S/C14H19NO3/c1-8-5-6-12(7-9(8)2)15-13(16)10(3)11(4)14(17)18/h5-7,10-11H,1-4H3,(H,15,16)(H,17,18). The second kappa shape index (κ2) is 5.67. The Bertz CT molecular complexity index is 468. The van der Waals surface area contributed by atoms with Crippen LogP contribution < -0.4 is 5.32 Å². The first-order chi connectivity index (χ1) is 8.32. The number of hydrogen-bond acceptors (Lipinski definition) is 2. The van der Waals surface area contributed by atoms with Crippen molar-refractivity contribution < 1.29 is 14.7 Å². The molecule has 4 heteroatoms. The molecule has 2 atom stereocenters. The van der Waals surface area contributed by atoms with Crippen molar-refractivity contribution in [1.82, 2.24) is 0 Å². The average molecular weight is 249 g/mol. The second-order valence-corrected chi connectivity index (χ2v) is 4.70. The maximum Gasteiger partial charge on any atom is 0.307 e. The third-order valence-electron chi connectivity index (χ3n) is 3.33. The van der Waals surface area contributed by atoms with Gasteiger partial charge in [0.05, 0.1) is 5.92 Å². The van der Waals surface area contributed by atoms with Crippen LogP contribution in [0.25, 0.3) is 0 Å². The molecule has 1 aromatic rings. The number of carboxylic acids is 1. The summed E-state index contributed by atoms with van der Waals surface area (Å²) >= 11 is 0. The normalized spacial score (nSPS) is 13.8. The lowest BCUT2D eigenvalue weighted by Crippen LogP contribution is -2.29. The molecule has 0 heterocycles. The monoisotopic (exact) mass is 249 g/mol. The fourth-order valence-corrected chi connectivity index (χ4v) is 1.52. The van der Waals surface area contributed by atoms with E-state index in [0.717, 1.165) is 11.1 Å². The number of aryl methyl sites for hydroxylation is 2. The van der Waals surface area contributed by atoms with E-state index in [2.05, 4.69) is 5.32 Å². The molecule has 2 N–H and O–H groups in total. The van der Waals surface area contributed by atoms with Crippen molar-refractivity contribution in [3.8, 4) is 0 Å². The first kappa shape index (κ1) is 14.2. The number of carbonyl (C=O) groups excluding carboxylic acids is 1. The molecule has 0 aliphatic rings. The van der Waals surface area contributed by atoms with Crippen LogP contribution in [0.2, 0.25) is 0 Å². The molecule has 2 unspecified atom stereocenters. The first-order valence-corrected chi connectivity index (χ1v) is 5.94. The van der Waals surface area contributed by atoms with Crippen LogP contribution in [-0.4, -0.2) is 17.0 Å². The zero-order valence-electron chi connectivity index (χ0n) is 11.2. The van der Waals surface area contributed by atoms with Crippen LogP contribution in [0.15, 0.2) is 18.2 Å². The lowest BCUT2D eigenvalue weighted by atomic mass is 9.95. The summed E-state index contributed by atoms with van der Waals surface area (Å²) in [4.78, 5) is 22.7. The number of aliphatic carboxylic acids is 1. The second-order valence-electron chi connectivity index (χ2n) is 4.70. The smallest absolute Gasteiger partial charge is 0.307 e. The number of benzene rings is 1. The SMILES string of the molecule is Cc1ccc(NC(=O)C(C)C(C)C(=O)O)cc1C. The van der Waals surface area contributed by atoms with Gasteiger partial charge in [0, 0.05) is 11.6 Å². The molecule has 0 fully saturated rings. The molecule has 4 nitrogen and oxygen atoms in total. The maximum atomic E-state index is 11.9. The number of amides is 1. The van der Waals surface area contributed by atoms with Gasteiger partial charge >= 0.3 is 5.97 Å². The highest BCUT2D eigenvalue weighted by Gasteiger charge is 2.25. The van der Waals surface area contributed by atoms with E-state index in [1.54, 1.807) is 6.92 Å². The van der Waals surface area contributed by atoms with Crippen molar-refractivity contribution in [2.75, 3.05) is 5.32 Å². The van der Waals surface area contributed by atoms with Gasteiger partial charge in [-0.25, -0.2) is 0 Å². The quantitative estimate of drug-likeness (QED) is 0.862. The third-order valence-corrected chi connectivity index (χ3v) is 3.33. The van der Waals surface area contributed by atoms with E-state index in [1.165, 1.54) is 6.92 Å². The van der Waals surface area contributed by atoms with Crippen molar-refractivity contribution in [2.45, 2.75) is 27.7 Å². The van der Waals surface area contributed by atoms with Crippen LogP contribution >= 0.6 is 0 Å². The minimum absolute atomic E-state index is 0.270. The summed E-state index contributed by atoms with van der Waals surface area (Å²) in [6.45, 7) is 7.12. The Morgan fingerprint density at radius 3 is 2.22 bits per heavy atom. The lowest BCUT2D eigenvalue weighted by molar-refractivity contribution is -0.145.